The van der Waals surface area contributed by atoms with Gasteiger partial charge >= 0.3 is 0 Å². The Morgan fingerprint density at radius 3 is 2.65 bits per heavy atom. The highest BCUT2D eigenvalue weighted by Gasteiger charge is 2.20. The van der Waals surface area contributed by atoms with Gasteiger partial charge in [-0.05, 0) is 24.3 Å². The number of amides is 1. The van der Waals surface area contributed by atoms with Gasteiger partial charge in [-0.2, -0.15) is 0 Å². The predicted molar refractivity (Wildman–Crippen MR) is 74.2 cm³/mol. The smallest absolute Gasteiger partial charge is 0.282 e. The molecule has 0 spiro atoms. The quantitative estimate of drug-likeness (QED) is 0.516. The average molecular weight is 293 g/mol. The second-order valence-electron chi connectivity index (χ2n) is 3.89. The molecule has 1 amide bonds. The largest absolute Gasteiger partial charge is 0.506 e. The highest BCUT2D eigenvalue weighted by molar-refractivity contribution is 6.31. The lowest BCUT2D eigenvalue weighted by Crippen LogP contribution is -2.13. The molecule has 0 aliphatic rings. The summed E-state index contributed by atoms with van der Waals surface area (Å²) in [7, 11) is 0. The molecule has 102 valence electrons. The monoisotopic (exact) mass is 292 g/mol. The summed E-state index contributed by atoms with van der Waals surface area (Å²) in [5.74, 6) is -0.879. The Labute approximate surface area is 118 Å². The SMILES string of the molecule is O=C(Nc1cc(Cl)ccc1O)c1ccccc1[N+](=O)[O-]. The van der Waals surface area contributed by atoms with Crippen molar-refractivity contribution in [3.63, 3.8) is 0 Å². The molecule has 2 N–H and O–H groups in total. The van der Waals surface area contributed by atoms with Crippen LogP contribution in [-0.4, -0.2) is 15.9 Å². The predicted octanol–water partition coefficient (Wildman–Crippen LogP) is 3.21. The molecule has 0 saturated heterocycles. The molecule has 0 saturated carbocycles. The summed E-state index contributed by atoms with van der Waals surface area (Å²) in [4.78, 5) is 22.2. The van der Waals surface area contributed by atoms with Gasteiger partial charge in [0.25, 0.3) is 11.6 Å². The number of hydrogen-bond donors (Lipinski definition) is 2. The van der Waals surface area contributed by atoms with Crippen LogP contribution in [0.5, 0.6) is 5.75 Å². The van der Waals surface area contributed by atoms with Crippen LogP contribution in [0, 0.1) is 10.1 Å². The summed E-state index contributed by atoms with van der Waals surface area (Å²) in [6.07, 6.45) is 0. The van der Waals surface area contributed by atoms with Crippen molar-refractivity contribution in [2.24, 2.45) is 0 Å². The van der Waals surface area contributed by atoms with Gasteiger partial charge in [-0.15, -0.1) is 0 Å². The summed E-state index contributed by atoms with van der Waals surface area (Å²) in [5.41, 5.74) is -0.330. The Bertz CT molecular complexity index is 688. The molecular weight excluding hydrogens is 284 g/mol. The number of hydrogen-bond acceptors (Lipinski definition) is 4. The molecule has 2 aromatic rings. The van der Waals surface area contributed by atoms with Crippen molar-refractivity contribution in [3.05, 3.63) is 63.2 Å². The third-order valence-electron chi connectivity index (χ3n) is 2.55. The molecule has 2 aromatic carbocycles. The molecule has 0 atom stereocenters. The number of carbonyl (C=O) groups excluding carboxylic acids is 1. The lowest BCUT2D eigenvalue weighted by atomic mass is 10.1. The van der Waals surface area contributed by atoms with Crippen LogP contribution in [0.3, 0.4) is 0 Å². The third kappa shape index (κ3) is 2.86. The van der Waals surface area contributed by atoms with Crippen LogP contribution in [0.25, 0.3) is 0 Å². The fraction of sp³-hybridized carbons (Fsp3) is 0. The van der Waals surface area contributed by atoms with Gasteiger partial charge in [-0.25, -0.2) is 0 Å². The number of benzene rings is 2. The Hall–Kier alpha value is -2.60. The van der Waals surface area contributed by atoms with Gasteiger partial charge in [0, 0.05) is 11.1 Å². The van der Waals surface area contributed by atoms with Crippen LogP contribution < -0.4 is 5.32 Å². The van der Waals surface area contributed by atoms with Crippen molar-refractivity contribution >= 4 is 28.9 Å². The molecular formula is C13H9ClN2O4. The number of nitro benzene ring substituents is 1. The highest BCUT2D eigenvalue weighted by atomic mass is 35.5. The Morgan fingerprint density at radius 2 is 1.95 bits per heavy atom. The van der Waals surface area contributed by atoms with Crippen molar-refractivity contribution in [1.82, 2.24) is 0 Å². The first-order chi connectivity index (χ1) is 9.49. The van der Waals surface area contributed by atoms with Crippen LogP contribution in [0.4, 0.5) is 11.4 Å². The van der Waals surface area contributed by atoms with E-state index in [0.29, 0.717) is 5.02 Å². The third-order valence-corrected chi connectivity index (χ3v) is 2.79. The van der Waals surface area contributed by atoms with E-state index in [1.807, 2.05) is 0 Å². The minimum absolute atomic E-state index is 0.0839. The number of phenolic OH excluding ortho intramolecular Hbond substituents is 1. The van der Waals surface area contributed by atoms with Crippen LogP contribution in [0.2, 0.25) is 5.02 Å². The van der Waals surface area contributed by atoms with E-state index in [2.05, 4.69) is 5.32 Å². The number of nitro groups is 1. The first-order valence-electron chi connectivity index (χ1n) is 5.52. The number of anilines is 1. The number of halogens is 1. The zero-order valence-electron chi connectivity index (χ0n) is 10.0. The van der Waals surface area contributed by atoms with Crippen LogP contribution in [-0.2, 0) is 0 Å². The average Bonchev–Trinajstić information content (AvgIpc) is 2.42. The van der Waals surface area contributed by atoms with Gasteiger partial charge in [0.05, 0.1) is 10.6 Å². The van der Waals surface area contributed by atoms with Gasteiger partial charge in [-0.1, -0.05) is 23.7 Å². The van der Waals surface area contributed by atoms with Crippen molar-refractivity contribution in [1.29, 1.82) is 0 Å². The molecule has 0 aliphatic carbocycles. The molecule has 2 rings (SSSR count). The van der Waals surface area contributed by atoms with E-state index in [9.17, 15) is 20.0 Å². The number of nitrogens with one attached hydrogen (secondary N) is 1. The lowest BCUT2D eigenvalue weighted by molar-refractivity contribution is -0.385. The number of carbonyl (C=O) groups is 1. The van der Waals surface area contributed by atoms with Gasteiger partial charge in [0.15, 0.2) is 0 Å². The molecule has 0 bridgehead atoms. The second kappa shape index (κ2) is 5.58. The Morgan fingerprint density at radius 1 is 1.25 bits per heavy atom. The standard InChI is InChI=1S/C13H9ClN2O4/c14-8-5-6-12(17)10(7-8)15-13(18)9-3-1-2-4-11(9)16(19)20/h1-7,17H,(H,15,18). The summed E-state index contributed by atoms with van der Waals surface area (Å²) >= 11 is 5.76. The van der Waals surface area contributed by atoms with Crippen LogP contribution in [0.15, 0.2) is 42.5 Å². The van der Waals surface area contributed by atoms with E-state index in [0.717, 1.165) is 0 Å². The molecule has 20 heavy (non-hydrogen) atoms. The maximum absolute atomic E-state index is 12.0. The van der Waals surface area contributed by atoms with Gasteiger partial charge in [-0.3, -0.25) is 14.9 Å². The molecule has 0 unspecified atom stereocenters. The van der Waals surface area contributed by atoms with E-state index in [4.69, 9.17) is 11.6 Å². The molecule has 0 heterocycles. The molecule has 7 heteroatoms. The number of rotatable bonds is 3. The summed E-state index contributed by atoms with van der Waals surface area (Å²) < 4.78 is 0. The molecule has 0 fully saturated rings. The topological polar surface area (TPSA) is 92.5 Å². The van der Waals surface area contributed by atoms with Gasteiger partial charge in [0.1, 0.15) is 11.3 Å². The number of nitrogens with zero attached hydrogens (tertiary/aromatic N) is 1. The molecule has 0 aliphatic heterocycles. The maximum Gasteiger partial charge on any atom is 0.282 e. The highest BCUT2D eigenvalue weighted by Crippen LogP contribution is 2.28. The zero-order valence-corrected chi connectivity index (χ0v) is 10.8. The Kier molecular flexibility index (Phi) is 3.86. The lowest BCUT2D eigenvalue weighted by Gasteiger charge is -2.08. The summed E-state index contributed by atoms with van der Waals surface area (Å²) in [6, 6.07) is 9.66. The molecule has 0 aromatic heterocycles. The first-order valence-corrected chi connectivity index (χ1v) is 5.90. The van der Waals surface area contributed by atoms with Gasteiger partial charge < -0.3 is 10.4 Å². The van der Waals surface area contributed by atoms with Crippen molar-refractivity contribution in [2.45, 2.75) is 0 Å². The minimum Gasteiger partial charge on any atom is -0.506 e. The zero-order chi connectivity index (χ0) is 14.7. The van der Waals surface area contributed by atoms with Gasteiger partial charge in [0.2, 0.25) is 0 Å². The van der Waals surface area contributed by atoms with E-state index >= 15 is 0 Å². The normalized spacial score (nSPS) is 10.1. The van der Waals surface area contributed by atoms with E-state index < -0.39 is 10.8 Å². The van der Waals surface area contributed by atoms with E-state index in [1.165, 1.54) is 42.5 Å². The number of phenols is 1. The fourth-order valence-electron chi connectivity index (χ4n) is 1.62. The van der Waals surface area contributed by atoms with Crippen molar-refractivity contribution in [2.75, 3.05) is 5.32 Å². The van der Waals surface area contributed by atoms with Crippen molar-refractivity contribution in [3.8, 4) is 5.75 Å². The van der Waals surface area contributed by atoms with Crippen molar-refractivity contribution < 1.29 is 14.8 Å². The maximum atomic E-state index is 12.0. The number of aromatic hydroxyl groups is 1. The van der Waals surface area contributed by atoms with E-state index in [-0.39, 0.29) is 22.7 Å². The van der Waals surface area contributed by atoms with E-state index in [1.54, 1.807) is 0 Å². The minimum atomic E-state index is -0.699. The summed E-state index contributed by atoms with van der Waals surface area (Å²) in [6.45, 7) is 0. The molecule has 6 nitrogen and oxygen atoms in total. The second-order valence-corrected chi connectivity index (χ2v) is 4.33. The van der Waals surface area contributed by atoms with Crippen LogP contribution >= 0.6 is 11.6 Å². The van der Waals surface area contributed by atoms with Crippen LogP contribution in [0.1, 0.15) is 10.4 Å². The summed E-state index contributed by atoms with van der Waals surface area (Å²) in [5, 5.41) is 23.2. The fourth-order valence-corrected chi connectivity index (χ4v) is 1.79. The Balaban J connectivity index is 2.33. The molecule has 0 radical (unpaired) electrons. The first kappa shape index (κ1) is 13.8. The number of para-hydroxylation sites is 1.